The lowest BCUT2D eigenvalue weighted by Gasteiger charge is -2.16. The molecule has 4 atom stereocenters. The molecular weight excluding hydrogens is 329 g/mol. The van der Waals surface area contributed by atoms with Gasteiger partial charge in [-0.15, -0.1) is 0 Å². The van der Waals surface area contributed by atoms with Crippen molar-refractivity contribution < 1.29 is 19.3 Å². The summed E-state index contributed by atoms with van der Waals surface area (Å²) in [6.45, 7) is 1.06. The predicted octanol–water partition coefficient (Wildman–Crippen LogP) is 1.52. The van der Waals surface area contributed by atoms with Crippen LogP contribution in [0.4, 0.5) is 10.2 Å². The molecule has 2 aliphatic rings. The number of alkyl halides is 1. The van der Waals surface area contributed by atoms with Crippen molar-refractivity contribution in [1.29, 1.82) is 0 Å². The largest absolute Gasteiger partial charge is 0.387 e. The molecule has 1 aliphatic heterocycles. The number of ether oxygens (including phenoxy) is 1. The number of aliphatic hydroxyl groups is 1. The highest BCUT2D eigenvalue weighted by atomic mass is 19.1. The van der Waals surface area contributed by atoms with Crippen LogP contribution in [-0.2, 0) is 9.84 Å². The zero-order valence-electron chi connectivity index (χ0n) is 13.9. The molecule has 1 aliphatic carbocycles. The van der Waals surface area contributed by atoms with Gasteiger partial charge >= 0.3 is 0 Å². The lowest BCUT2D eigenvalue weighted by Crippen LogP contribution is -2.30. The van der Waals surface area contributed by atoms with E-state index in [2.05, 4.69) is 20.3 Å². The summed E-state index contributed by atoms with van der Waals surface area (Å²) >= 11 is 0. The van der Waals surface area contributed by atoms with Crippen molar-refractivity contribution in [2.75, 3.05) is 11.9 Å². The minimum atomic E-state index is -1.71. The van der Waals surface area contributed by atoms with Crippen LogP contribution in [0.25, 0.3) is 11.2 Å². The highest BCUT2D eigenvalue weighted by molar-refractivity contribution is 5.83. The van der Waals surface area contributed by atoms with E-state index >= 15 is 0 Å². The number of nitrogens with zero attached hydrogens (tertiary/aromatic N) is 4. The van der Waals surface area contributed by atoms with Gasteiger partial charge in [0.2, 0.25) is 0 Å². The Hall–Kier alpha value is -1.84. The van der Waals surface area contributed by atoms with Crippen LogP contribution < -0.4 is 5.32 Å². The second-order valence-electron chi connectivity index (χ2n) is 6.74. The summed E-state index contributed by atoms with van der Waals surface area (Å²) in [5.74, 6) is 1.16. The third-order valence-corrected chi connectivity index (χ3v) is 4.96. The van der Waals surface area contributed by atoms with Crippen molar-refractivity contribution >= 4 is 17.0 Å². The van der Waals surface area contributed by atoms with E-state index in [4.69, 9.17) is 4.74 Å². The average Bonchev–Trinajstić information content (AvgIpc) is 3.29. The van der Waals surface area contributed by atoms with Crippen molar-refractivity contribution in [3.8, 4) is 0 Å². The van der Waals surface area contributed by atoms with Crippen molar-refractivity contribution in [3.63, 3.8) is 0 Å². The van der Waals surface area contributed by atoms with Crippen LogP contribution in [0.15, 0.2) is 6.33 Å². The molecule has 2 N–H and O–H groups in total. The van der Waals surface area contributed by atoms with Gasteiger partial charge in [-0.25, -0.2) is 24.4 Å². The van der Waals surface area contributed by atoms with Crippen LogP contribution in [-0.4, -0.2) is 55.7 Å². The molecule has 1 saturated carbocycles. The fraction of sp³-hybridized carbons (Fsp3) is 0.688. The van der Waals surface area contributed by atoms with Crippen LogP contribution in [0.3, 0.4) is 0 Å². The molecule has 1 radical (unpaired) electrons. The fourth-order valence-corrected chi connectivity index (χ4v) is 3.64. The smallest absolute Gasteiger partial charge is 0.173 e. The first-order valence-corrected chi connectivity index (χ1v) is 8.62. The van der Waals surface area contributed by atoms with Crippen LogP contribution in [0.5, 0.6) is 0 Å². The SMILES string of the molecule is Cc1nc(NC2CCCC2)c2ncn([C@@H]3O[C@H](C[O])[C@@H](O)[C@@H]3F)c2n1. The number of rotatable bonds is 4. The molecule has 3 heterocycles. The van der Waals surface area contributed by atoms with E-state index in [0.717, 1.165) is 12.8 Å². The van der Waals surface area contributed by atoms with Gasteiger partial charge < -0.3 is 15.2 Å². The fourth-order valence-electron chi connectivity index (χ4n) is 3.64. The van der Waals surface area contributed by atoms with Gasteiger partial charge in [0.15, 0.2) is 29.4 Å². The highest BCUT2D eigenvalue weighted by Gasteiger charge is 2.45. The monoisotopic (exact) mass is 350 g/mol. The van der Waals surface area contributed by atoms with E-state index < -0.39 is 31.2 Å². The molecule has 8 nitrogen and oxygen atoms in total. The minimum Gasteiger partial charge on any atom is -0.387 e. The summed E-state index contributed by atoms with van der Waals surface area (Å²) in [5.41, 5.74) is 0.966. The van der Waals surface area contributed by atoms with Crippen LogP contribution in [0, 0.1) is 6.92 Å². The van der Waals surface area contributed by atoms with E-state index in [1.807, 2.05) is 0 Å². The molecule has 9 heteroatoms. The lowest BCUT2D eigenvalue weighted by molar-refractivity contribution is -0.0593. The summed E-state index contributed by atoms with van der Waals surface area (Å²) in [5, 5.41) is 24.3. The third kappa shape index (κ3) is 2.86. The van der Waals surface area contributed by atoms with Crippen LogP contribution in [0.1, 0.15) is 37.7 Å². The Bertz CT molecular complexity index is 764. The van der Waals surface area contributed by atoms with E-state index in [1.165, 1.54) is 23.7 Å². The summed E-state index contributed by atoms with van der Waals surface area (Å²) in [7, 11) is 0. The van der Waals surface area contributed by atoms with E-state index in [9.17, 15) is 14.6 Å². The van der Waals surface area contributed by atoms with Gasteiger partial charge in [0, 0.05) is 6.04 Å². The Labute approximate surface area is 144 Å². The van der Waals surface area contributed by atoms with E-state index in [-0.39, 0.29) is 0 Å². The molecule has 0 amide bonds. The van der Waals surface area contributed by atoms with Gasteiger partial charge in [-0.1, -0.05) is 12.8 Å². The molecular formula is C16H21FN5O3. The van der Waals surface area contributed by atoms with Crippen molar-refractivity contribution in [1.82, 2.24) is 19.5 Å². The molecule has 0 bridgehead atoms. The molecule has 0 spiro atoms. The van der Waals surface area contributed by atoms with Gasteiger partial charge in [0.1, 0.15) is 24.6 Å². The predicted molar refractivity (Wildman–Crippen MR) is 86.3 cm³/mol. The zero-order valence-corrected chi connectivity index (χ0v) is 13.9. The number of hydrogen-bond donors (Lipinski definition) is 2. The highest BCUT2D eigenvalue weighted by Crippen LogP contribution is 2.34. The zero-order chi connectivity index (χ0) is 17.6. The Morgan fingerprint density at radius 2 is 2.16 bits per heavy atom. The van der Waals surface area contributed by atoms with Crippen molar-refractivity contribution in [2.45, 2.75) is 63.3 Å². The number of fused-ring (bicyclic) bond motifs is 1. The number of imidazole rings is 1. The lowest BCUT2D eigenvalue weighted by atomic mass is 10.1. The Kier molecular flexibility index (Phi) is 4.30. The molecule has 4 rings (SSSR count). The molecule has 2 fully saturated rings. The maximum Gasteiger partial charge on any atom is 0.173 e. The molecule has 2 aromatic heterocycles. The maximum atomic E-state index is 14.4. The first-order chi connectivity index (χ1) is 12.1. The number of anilines is 1. The van der Waals surface area contributed by atoms with Crippen molar-refractivity contribution in [3.05, 3.63) is 12.2 Å². The number of hydrogen-bond acceptors (Lipinski definition) is 6. The van der Waals surface area contributed by atoms with Gasteiger partial charge in [-0.3, -0.25) is 4.57 Å². The average molecular weight is 350 g/mol. The third-order valence-electron chi connectivity index (χ3n) is 4.96. The summed E-state index contributed by atoms with van der Waals surface area (Å²) in [4.78, 5) is 13.1. The summed E-state index contributed by atoms with van der Waals surface area (Å²) in [6.07, 6.45) is 0.624. The molecule has 135 valence electrons. The topological polar surface area (TPSA) is 105 Å². The minimum absolute atomic E-state index is 0.353. The summed E-state index contributed by atoms with van der Waals surface area (Å²) in [6, 6.07) is 0.353. The first-order valence-electron chi connectivity index (χ1n) is 8.62. The Morgan fingerprint density at radius 1 is 1.40 bits per heavy atom. The van der Waals surface area contributed by atoms with E-state index in [1.54, 1.807) is 6.92 Å². The first kappa shape index (κ1) is 16.6. The number of aromatic nitrogens is 4. The Balaban J connectivity index is 1.70. The second-order valence-corrected chi connectivity index (χ2v) is 6.74. The standard InChI is InChI=1S/C16H21FN5O3/c1-8-19-14(21-9-4-2-3-5-9)12-15(20-8)22(7-18-12)16-11(17)13(24)10(6-23)25-16/h7,9-11,13,16,24H,2-6H2,1H3,(H,19,20,21)/t10-,11+,13-,16-/m1/s1. The number of aliphatic hydroxyl groups excluding tert-OH is 1. The molecule has 2 aromatic rings. The van der Waals surface area contributed by atoms with Crippen LogP contribution in [0.2, 0.25) is 0 Å². The van der Waals surface area contributed by atoms with Gasteiger partial charge in [-0.2, -0.15) is 0 Å². The number of nitrogens with one attached hydrogen (secondary N) is 1. The van der Waals surface area contributed by atoms with Crippen LogP contribution >= 0.6 is 0 Å². The molecule has 0 aromatic carbocycles. The van der Waals surface area contributed by atoms with E-state index in [0.29, 0.717) is 28.8 Å². The van der Waals surface area contributed by atoms with Gasteiger partial charge in [0.05, 0.1) is 6.33 Å². The van der Waals surface area contributed by atoms with Crippen molar-refractivity contribution in [2.24, 2.45) is 0 Å². The number of aryl methyl sites for hydroxylation is 1. The second kappa shape index (κ2) is 6.47. The van der Waals surface area contributed by atoms with Gasteiger partial charge in [-0.05, 0) is 19.8 Å². The molecule has 25 heavy (non-hydrogen) atoms. The Morgan fingerprint density at radius 3 is 2.84 bits per heavy atom. The van der Waals surface area contributed by atoms with Gasteiger partial charge in [0.25, 0.3) is 0 Å². The molecule has 0 unspecified atom stereocenters. The maximum absolute atomic E-state index is 14.4. The number of halogens is 1. The normalized spacial score (nSPS) is 30.4. The quantitative estimate of drug-likeness (QED) is 0.866. The molecule has 1 saturated heterocycles. The summed E-state index contributed by atoms with van der Waals surface area (Å²) < 4.78 is 21.3.